The van der Waals surface area contributed by atoms with E-state index in [-0.39, 0.29) is 0 Å². The molecule has 0 unspecified atom stereocenters. The summed E-state index contributed by atoms with van der Waals surface area (Å²) in [5.41, 5.74) is 1.09. The molecule has 2 aromatic rings. The van der Waals surface area contributed by atoms with E-state index in [9.17, 15) is 0 Å². The van der Waals surface area contributed by atoms with Gasteiger partial charge in [-0.25, -0.2) is 4.98 Å². The Hall–Kier alpha value is -1.17. The average Bonchev–Trinajstić information content (AvgIpc) is 3.00. The molecule has 2 aliphatic rings. The van der Waals surface area contributed by atoms with Gasteiger partial charge in [0.25, 0.3) is 0 Å². The van der Waals surface area contributed by atoms with Crippen molar-refractivity contribution in [3.05, 3.63) is 24.3 Å². The molecule has 3 heterocycles. The third kappa shape index (κ3) is 2.30. The highest BCUT2D eigenvalue weighted by atomic mass is 32.1. The van der Waals surface area contributed by atoms with Crippen LogP contribution in [0, 0.1) is 0 Å². The van der Waals surface area contributed by atoms with Crippen molar-refractivity contribution in [2.24, 2.45) is 0 Å². The zero-order valence-corrected chi connectivity index (χ0v) is 12.4. The van der Waals surface area contributed by atoms with Gasteiger partial charge in [0.2, 0.25) is 0 Å². The van der Waals surface area contributed by atoms with Gasteiger partial charge in [-0.3, -0.25) is 4.90 Å². The average molecular weight is 289 g/mol. The summed E-state index contributed by atoms with van der Waals surface area (Å²) >= 11 is 1.75. The maximum atomic E-state index is 5.76. The Balaban J connectivity index is 1.47. The molecule has 20 heavy (non-hydrogen) atoms. The molecule has 2 saturated heterocycles. The number of aromatic nitrogens is 1. The summed E-state index contributed by atoms with van der Waals surface area (Å²) in [5, 5.41) is 4.66. The largest absolute Gasteiger partial charge is 0.376 e. The lowest BCUT2D eigenvalue weighted by atomic mass is 10.1. The summed E-state index contributed by atoms with van der Waals surface area (Å²) in [5.74, 6) is 0. The highest BCUT2D eigenvalue weighted by Crippen LogP contribution is 2.29. The van der Waals surface area contributed by atoms with Crippen molar-refractivity contribution in [2.45, 2.75) is 31.5 Å². The lowest BCUT2D eigenvalue weighted by Gasteiger charge is -2.33. The second kappa shape index (κ2) is 4.98. The second-order valence-corrected chi connectivity index (χ2v) is 6.85. The highest BCUT2D eigenvalue weighted by Gasteiger charge is 2.36. The minimum absolute atomic E-state index is 0.368. The minimum Gasteiger partial charge on any atom is -0.376 e. The Morgan fingerprint density at radius 1 is 1.35 bits per heavy atom. The van der Waals surface area contributed by atoms with Crippen LogP contribution >= 0.6 is 11.3 Å². The van der Waals surface area contributed by atoms with Gasteiger partial charge in [-0.05, 0) is 25.5 Å². The fourth-order valence-corrected chi connectivity index (χ4v) is 4.20. The number of thiazole rings is 1. The second-order valence-electron chi connectivity index (χ2n) is 5.82. The molecular weight excluding hydrogens is 270 g/mol. The van der Waals surface area contributed by atoms with Crippen LogP contribution in [0.4, 0.5) is 5.13 Å². The van der Waals surface area contributed by atoms with Gasteiger partial charge in [0, 0.05) is 25.2 Å². The number of hydrogen-bond donors (Lipinski definition) is 1. The molecule has 106 valence electrons. The van der Waals surface area contributed by atoms with E-state index >= 15 is 0 Å². The fraction of sp³-hybridized carbons (Fsp3) is 0.533. The van der Waals surface area contributed by atoms with E-state index < -0.39 is 0 Å². The van der Waals surface area contributed by atoms with Crippen LogP contribution in [0.3, 0.4) is 0 Å². The van der Waals surface area contributed by atoms with Crippen LogP contribution in [0.5, 0.6) is 0 Å². The highest BCUT2D eigenvalue weighted by molar-refractivity contribution is 7.22. The molecule has 0 saturated carbocycles. The van der Waals surface area contributed by atoms with Crippen molar-refractivity contribution < 1.29 is 4.74 Å². The van der Waals surface area contributed by atoms with Crippen LogP contribution < -0.4 is 5.32 Å². The number of nitrogens with zero attached hydrogens (tertiary/aromatic N) is 2. The lowest BCUT2D eigenvalue weighted by Crippen LogP contribution is -2.45. The summed E-state index contributed by atoms with van der Waals surface area (Å²) in [6.07, 6.45) is 1.52. The monoisotopic (exact) mass is 289 g/mol. The number of morpholine rings is 1. The summed E-state index contributed by atoms with van der Waals surface area (Å²) < 4.78 is 7.01. The first-order valence-electron chi connectivity index (χ1n) is 7.26. The van der Waals surface area contributed by atoms with Gasteiger partial charge in [0.05, 0.1) is 22.9 Å². The molecule has 4 rings (SSSR count). The number of rotatable bonds is 2. The summed E-state index contributed by atoms with van der Waals surface area (Å²) in [4.78, 5) is 7.22. The van der Waals surface area contributed by atoms with Crippen LogP contribution in [0.25, 0.3) is 10.2 Å². The van der Waals surface area contributed by atoms with Crippen molar-refractivity contribution in [3.8, 4) is 0 Å². The van der Waals surface area contributed by atoms with Gasteiger partial charge >= 0.3 is 0 Å². The number of nitrogens with one attached hydrogen (secondary N) is 1. The molecule has 5 heteroatoms. The molecule has 1 aromatic heterocycles. The first-order valence-corrected chi connectivity index (χ1v) is 8.07. The molecule has 0 amide bonds. The Morgan fingerprint density at radius 2 is 2.25 bits per heavy atom. The zero-order chi connectivity index (χ0) is 13.5. The third-order valence-corrected chi connectivity index (χ3v) is 5.18. The number of hydrogen-bond acceptors (Lipinski definition) is 5. The quantitative estimate of drug-likeness (QED) is 0.922. The maximum absolute atomic E-state index is 5.76. The van der Waals surface area contributed by atoms with E-state index in [0.29, 0.717) is 18.2 Å². The van der Waals surface area contributed by atoms with Gasteiger partial charge in [-0.15, -0.1) is 0 Å². The summed E-state index contributed by atoms with van der Waals surface area (Å²) in [6.45, 7) is 5.20. The predicted molar refractivity (Wildman–Crippen MR) is 82.4 cm³/mol. The van der Waals surface area contributed by atoms with E-state index in [2.05, 4.69) is 40.3 Å². The van der Waals surface area contributed by atoms with Crippen LogP contribution in [-0.2, 0) is 4.74 Å². The topological polar surface area (TPSA) is 37.4 Å². The molecule has 2 aliphatic heterocycles. The smallest absolute Gasteiger partial charge is 0.184 e. The number of ether oxygens (including phenoxy) is 1. The van der Waals surface area contributed by atoms with Gasteiger partial charge in [0.15, 0.2) is 5.13 Å². The normalized spacial score (nSPS) is 30.6. The molecule has 1 N–H and O–H groups in total. The van der Waals surface area contributed by atoms with E-state index in [1.807, 2.05) is 6.07 Å². The Kier molecular flexibility index (Phi) is 3.13. The minimum atomic E-state index is 0.368. The Labute approximate surface area is 122 Å². The van der Waals surface area contributed by atoms with Crippen LogP contribution in [0.1, 0.15) is 13.3 Å². The number of fused-ring (bicyclic) bond motifs is 2. The standard InChI is InChI=1S/C15H19N3OS/c1-10-7-18-8-11(6-12(18)9-19-10)16-15-17-13-4-2-3-5-14(13)20-15/h2-5,10-12H,6-9H2,1H3,(H,16,17)/t10-,11-,12+/m1/s1. The molecule has 3 atom stereocenters. The molecule has 0 aliphatic carbocycles. The molecule has 2 fully saturated rings. The first-order chi connectivity index (χ1) is 9.78. The summed E-state index contributed by atoms with van der Waals surface area (Å²) in [6, 6.07) is 9.39. The molecule has 0 spiro atoms. The predicted octanol–water partition coefficient (Wildman–Crippen LogP) is 2.57. The van der Waals surface area contributed by atoms with E-state index in [1.54, 1.807) is 11.3 Å². The first kappa shape index (κ1) is 12.6. The fourth-order valence-electron chi connectivity index (χ4n) is 3.25. The van der Waals surface area contributed by atoms with Gasteiger partial charge in [-0.2, -0.15) is 0 Å². The molecule has 0 radical (unpaired) electrons. The van der Waals surface area contributed by atoms with Gasteiger partial charge in [0.1, 0.15) is 0 Å². The SMILES string of the molecule is C[C@@H]1CN2C[C@H](Nc3nc4ccccc4s3)C[C@H]2CO1. The van der Waals surface area contributed by atoms with E-state index in [1.165, 1.54) is 4.70 Å². The van der Waals surface area contributed by atoms with Crippen LogP contribution in [0.15, 0.2) is 24.3 Å². The number of para-hydroxylation sites is 1. The summed E-state index contributed by atoms with van der Waals surface area (Å²) in [7, 11) is 0. The van der Waals surface area contributed by atoms with Crippen molar-refractivity contribution in [1.82, 2.24) is 9.88 Å². The molecular formula is C15H19N3OS. The zero-order valence-electron chi connectivity index (χ0n) is 11.6. The van der Waals surface area contributed by atoms with E-state index in [4.69, 9.17) is 4.74 Å². The Morgan fingerprint density at radius 3 is 3.15 bits per heavy atom. The van der Waals surface area contributed by atoms with Gasteiger partial charge in [-0.1, -0.05) is 23.5 Å². The van der Waals surface area contributed by atoms with Crippen molar-refractivity contribution in [3.63, 3.8) is 0 Å². The molecule has 1 aromatic carbocycles. The lowest BCUT2D eigenvalue weighted by molar-refractivity contribution is -0.0390. The number of benzene rings is 1. The number of anilines is 1. The van der Waals surface area contributed by atoms with Crippen LogP contribution in [-0.4, -0.2) is 47.8 Å². The Bertz CT molecular complexity index is 581. The maximum Gasteiger partial charge on any atom is 0.184 e. The molecule has 0 bridgehead atoms. The molecule has 4 nitrogen and oxygen atoms in total. The van der Waals surface area contributed by atoms with Crippen molar-refractivity contribution >= 4 is 26.7 Å². The van der Waals surface area contributed by atoms with Crippen molar-refractivity contribution in [1.29, 1.82) is 0 Å². The van der Waals surface area contributed by atoms with Gasteiger partial charge < -0.3 is 10.1 Å². The van der Waals surface area contributed by atoms with Crippen LogP contribution in [0.2, 0.25) is 0 Å². The van der Waals surface area contributed by atoms with E-state index in [0.717, 1.165) is 36.8 Å². The third-order valence-electron chi connectivity index (χ3n) is 4.21. The van der Waals surface area contributed by atoms with Crippen molar-refractivity contribution in [2.75, 3.05) is 25.0 Å².